The molecule has 1 rings (SSSR count). The molecular weight excluding hydrogens is 190 g/mol. The molecule has 0 bridgehead atoms. The molecular formula is C11H17N3O. The molecule has 0 aliphatic carbocycles. The number of nitrogens with two attached hydrogens (primary N) is 1. The SMILES string of the molecule is CCN(C)Cc1cccc(/C(N)=N/O)c1. The first-order chi connectivity index (χ1) is 7.17. The highest BCUT2D eigenvalue weighted by molar-refractivity contribution is 5.97. The number of benzene rings is 1. The fraction of sp³-hybridized carbons (Fsp3) is 0.364. The number of amidine groups is 1. The molecule has 0 aromatic heterocycles. The van der Waals surface area contributed by atoms with Crippen molar-refractivity contribution < 1.29 is 5.21 Å². The van der Waals surface area contributed by atoms with Crippen molar-refractivity contribution >= 4 is 5.84 Å². The summed E-state index contributed by atoms with van der Waals surface area (Å²) < 4.78 is 0. The summed E-state index contributed by atoms with van der Waals surface area (Å²) in [5.74, 6) is 0.149. The standard InChI is InChI=1S/C11H17N3O/c1-3-14(2)8-9-5-4-6-10(7-9)11(12)13-15/h4-7,15H,3,8H2,1-2H3,(H2,12,13). The Labute approximate surface area is 90.0 Å². The molecule has 0 heterocycles. The summed E-state index contributed by atoms with van der Waals surface area (Å²) in [6.07, 6.45) is 0. The van der Waals surface area contributed by atoms with E-state index >= 15 is 0 Å². The summed E-state index contributed by atoms with van der Waals surface area (Å²) in [4.78, 5) is 2.19. The van der Waals surface area contributed by atoms with Crippen molar-refractivity contribution in [1.29, 1.82) is 0 Å². The second-order valence-corrected chi connectivity index (χ2v) is 3.52. The quantitative estimate of drug-likeness (QED) is 0.338. The zero-order chi connectivity index (χ0) is 11.3. The second kappa shape index (κ2) is 5.36. The van der Waals surface area contributed by atoms with Gasteiger partial charge in [0.25, 0.3) is 0 Å². The number of hydrogen-bond acceptors (Lipinski definition) is 3. The van der Waals surface area contributed by atoms with Crippen LogP contribution in [0.25, 0.3) is 0 Å². The summed E-state index contributed by atoms with van der Waals surface area (Å²) in [6, 6.07) is 7.69. The lowest BCUT2D eigenvalue weighted by molar-refractivity contribution is 0.318. The molecule has 0 saturated carbocycles. The minimum Gasteiger partial charge on any atom is -0.409 e. The number of nitrogens with zero attached hydrogens (tertiary/aromatic N) is 2. The average molecular weight is 207 g/mol. The van der Waals surface area contributed by atoms with Crippen molar-refractivity contribution in [2.45, 2.75) is 13.5 Å². The van der Waals surface area contributed by atoms with Crippen LogP contribution in [0.4, 0.5) is 0 Å². The minimum absolute atomic E-state index is 0.149. The molecule has 0 aliphatic rings. The van der Waals surface area contributed by atoms with Crippen molar-refractivity contribution in [2.75, 3.05) is 13.6 Å². The molecule has 0 saturated heterocycles. The summed E-state index contributed by atoms with van der Waals surface area (Å²) in [5.41, 5.74) is 7.42. The molecule has 82 valence electrons. The van der Waals surface area contributed by atoms with Crippen molar-refractivity contribution in [1.82, 2.24) is 4.90 Å². The third kappa shape index (κ3) is 3.25. The van der Waals surface area contributed by atoms with Crippen LogP contribution in [0.15, 0.2) is 29.4 Å². The van der Waals surface area contributed by atoms with Gasteiger partial charge in [0.15, 0.2) is 5.84 Å². The lowest BCUT2D eigenvalue weighted by atomic mass is 10.1. The smallest absolute Gasteiger partial charge is 0.170 e. The minimum atomic E-state index is 0.149. The predicted octanol–water partition coefficient (Wildman–Crippen LogP) is 1.23. The lowest BCUT2D eigenvalue weighted by Gasteiger charge is -2.14. The summed E-state index contributed by atoms with van der Waals surface area (Å²) in [5, 5.41) is 11.5. The largest absolute Gasteiger partial charge is 0.409 e. The van der Waals surface area contributed by atoms with Crippen LogP contribution < -0.4 is 5.73 Å². The van der Waals surface area contributed by atoms with Crippen molar-refractivity contribution in [3.05, 3.63) is 35.4 Å². The van der Waals surface area contributed by atoms with Gasteiger partial charge in [-0.1, -0.05) is 30.3 Å². The van der Waals surface area contributed by atoms with Crippen molar-refractivity contribution in [3.8, 4) is 0 Å². The Morgan fingerprint density at radius 1 is 1.53 bits per heavy atom. The molecule has 0 fully saturated rings. The van der Waals surface area contributed by atoms with Gasteiger partial charge in [-0.3, -0.25) is 0 Å². The number of rotatable bonds is 4. The van der Waals surface area contributed by atoms with Gasteiger partial charge in [-0.2, -0.15) is 0 Å². The normalized spacial score (nSPS) is 12.1. The highest BCUT2D eigenvalue weighted by Crippen LogP contribution is 2.07. The van der Waals surface area contributed by atoms with Gasteiger partial charge in [0.05, 0.1) is 0 Å². The van der Waals surface area contributed by atoms with E-state index in [1.54, 1.807) is 0 Å². The Hall–Kier alpha value is -1.55. The van der Waals surface area contributed by atoms with E-state index in [4.69, 9.17) is 10.9 Å². The molecule has 15 heavy (non-hydrogen) atoms. The third-order valence-electron chi connectivity index (χ3n) is 2.32. The van der Waals surface area contributed by atoms with Gasteiger partial charge in [0.2, 0.25) is 0 Å². The number of hydrogen-bond donors (Lipinski definition) is 2. The maximum Gasteiger partial charge on any atom is 0.170 e. The average Bonchev–Trinajstić information content (AvgIpc) is 2.28. The van der Waals surface area contributed by atoms with Crippen LogP contribution in [0.2, 0.25) is 0 Å². The van der Waals surface area contributed by atoms with Crippen LogP contribution in [-0.4, -0.2) is 29.5 Å². The lowest BCUT2D eigenvalue weighted by Crippen LogP contribution is -2.18. The molecule has 4 nitrogen and oxygen atoms in total. The van der Waals surface area contributed by atoms with E-state index in [0.717, 1.165) is 24.2 Å². The van der Waals surface area contributed by atoms with Gasteiger partial charge in [-0.05, 0) is 25.2 Å². The summed E-state index contributed by atoms with van der Waals surface area (Å²) in [6.45, 7) is 3.96. The fourth-order valence-corrected chi connectivity index (χ4v) is 1.31. The van der Waals surface area contributed by atoms with Gasteiger partial charge in [-0.25, -0.2) is 0 Å². The van der Waals surface area contributed by atoms with Crippen molar-refractivity contribution in [3.63, 3.8) is 0 Å². The van der Waals surface area contributed by atoms with E-state index in [1.807, 2.05) is 24.3 Å². The molecule has 1 aromatic rings. The monoisotopic (exact) mass is 207 g/mol. The van der Waals surface area contributed by atoms with Crippen LogP contribution in [0.1, 0.15) is 18.1 Å². The van der Waals surface area contributed by atoms with E-state index < -0.39 is 0 Å². The molecule has 0 amide bonds. The summed E-state index contributed by atoms with van der Waals surface area (Å²) in [7, 11) is 2.05. The van der Waals surface area contributed by atoms with Crippen LogP contribution in [0.3, 0.4) is 0 Å². The highest BCUT2D eigenvalue weighted by Gasteiger charge is 2.02. The van der Waals surface area contributed by atoms with Crippen LogP contribution in [0, 0.1) is 0 Å². The van der Waals surface area contributed by atoms with E-state index in [1.165, 1.54) is 0 Å². The molecule has 0 unspecified atom stereocenters. The Morgan fingerprint density at radius 2 is 2.27 bits per heavy atom. The molecule has 0 atom stereocenters. The van der Waals surface area contributed by atoms with Crippen LogP contribution in [-0.2, 0) is 6.54 Å². The molecule has 1 aromatic carbocycles. The van der Waals surface area contributed by atoms with E-state index in [0.29, 0.717) is 0 Å². The summed E-state index contributed by atoms with van der Waals surface area (Å²) >= 11 is 0. The van der Waals surface area contributed by atoms with Gasteiger partial charge in [0.1, 0.15) is 0 Å². The Bertz CT molecular complexity index is 349. The molecule has 0 radical (unpaired) electrons. The van der Waals surface area contributed by atoms with E-state index in [9.17, 15) is 0 Å². The van der Waals surface area contributed by atoms with Crippen molar-refractivity contribution in [2.24, 2.45) is 10.9 Å². The Balaban J connectivity index is 2.83. The molecule has 4 heteroatoms. The zero-order valence-corrected chi connectivity index (χ0v) is 9.14. The molecule has 3 N–H and O–H groups in total. The zero-order valence-electron chi connectivity index (χ0n) is 9.14. The Kier molecular flexibility index (Phi) is 4.12. The van der Waals surface area contributed by atoms with Gasteiger partial charge >= 0.3 is 0 Å². The van der Waals surface area contributed by atoms with Gasteiger partial charge < -0.3 is 15.8 Å². The van der Waals surface area contributed by atoms with Crippen LogP contribution in [0.5, 0.6) is 0 Å². The topological polar surface area (TPSA) is 61.8 Å². The van der Waals surface area contributed by atoms with Gasteiger partial charge in [0, 0.05) is 12.1 Å². The predicted molar refractivity (Wildman–Crippen MR) is 61.0 cm³/mol. The Morgan fingerprint density at radius 3 is 2.87 bits per heavy atom. The van der Waals surface area contributed by atoms with E-state index in [2.05, 4.69) is 24.0 Å². The first-order valence-corrected chi connectivity index (χ1v) is 4.92. The maximum absolute atomic E-state index is 8.56. The van der Waals surface area contributed by atoms with E-state index in [-0.39, 0.29) is 5.84 Å². The maximum atomic E-state index is 8.56. The van der Waals surface area contributed by atoms with Crippen LogP contribution >= 0.6 is 0 Å². The number of oxime groups is 1. The second-order valence-electron chi connectivity index (χ2n) is 3.52. The first kappa shape index (κ1) is 11.5. The highest BCUT2D eigenvalue weighted by atomic mass is 16.4. The first-order valence-electron chi connectivity index (χ1n) is 4.92. The molecule has 0 aliphatic heterocycles. The molecule has 0 spiro atoms. The fourth-order valence-electron chi connectivity index (χ4n) is 1.31. The third-order valence-corrected chi connectivity index (χ3v) is 2.32. The van der Waals surface area contributed by atoms with Gasteiger partial charge in [-0.15, -0.1) is 0 Å².